The monoisotopic (exact) mass is 297 g/mol. The highest BCUT2D eigenvalue weighted by molar-refractivity contribution is 6.33. The Morgan fingerprint density at radius 2 is 2.10 bits per heavy atom. The van der Waals surface area contributed by atoms with Crippen LogP contribution in [0.4, 0.5) is 5.69 Å². The van der Waals surface area contributed by atoms with Gasteiger partial charge in [0.15, 0.2) is 0 Å². The average molecular weight is 298 g/mol. The molecule has 4 N–H and O–H groups in total. The number of hydrogen-bond acceptors (Lipinski definition) is 3. The molecule has 0 saturated heterocycles. The first kappa shape index (κ1) is 16.5. The predicted octanol–water partition coefficient (Wildman–Crippen LogP) is 2.01. The van der Waals surface area contributed by atoms with Gasteiger partial charge in [0.05, 0.1) is 10.7 Å². The summed E-state index contributed by atoms with van der Waals surface area (Å²) in [5.74, 6) is -0.0661. The van der Waals surface area contributed by atoms with E-state index in [0.717, 1.165) is 6.42 Å². The van der Waals surface area contributed by atoms with E-state index in [0.29, 0.717) is 35.2 Å². The van der Waals surface area contributed by atoms with Gasteiger partial charge >= 0.3 is 0 Å². The molecule has 20 heavy (non-hydrogen) atoms. The van der Waals surface area contributed by atoms with Crippen LogP contribution in [0, 0.1) is 5.92 Å². The lowest BCUT2D eigenvalue weighted by Crippen LogP contribution is -2.19. The van der Waals surface area contributed by atoms with E-state index in [9.17, 15) is 9.59 Å². The molecule has 110 valence electrons. The number of amides is 2. The number of carbonyl (C=O) groups excluding carboxylic acids is 2. The lowest BCUT2D eigenvalue weighted by Gasteiger charge is -2.11. The van der Waals surface area contributed by atoms with Crippen LogP contribution in [0.2, 0.25) is 5.02 Å². The Morgan fingerprint density at radius 1 is 1.40 bits per heavy atom. The van der Waals surface area contributed by atoms with Crippen molar-refractivity contribution in [3.05, 3.63) is 28.8 Å². The molecule has 0 bridgehead atoms. The minimum absolute atomic E-state index is 0.138. The Morgan fingerprint density at radius 3 is 2.70 bits per heavy atom. The fraction of sp³-hybridized carbons (Fsp3) is 0.429. The van der Waals surface area contributed by atoms with Crippen molar-refractivity contribution in [2.75, 3.05) is 18.9 Å². The Hall–Kier alpha value is -1.59. The quantitative estimate of drug-likeness (QED) is 0.751. The summed E-state index contributed by atoms with van der Waals surface area (Å²) in [5, 5.41) is 5.64. The SMILES string of the molecule is CNC(=O)c1ccc(Cl)c(NC(=O)CCC(C)CN)c1. The number of halogens is 1. The first-order chi connectivity index (χ1) is 9.47. The topological polar surface area (TPSA) is 84.2 Å². The summed E-state index contributed by atoms with van der Waals surface area (Å²) in [7, 11) is 1.55. The highest BCUT2D eigenvalue weighted by Gasteiger charge is 2.11. The zero-order valence-electron chi connectivity index (χ0n) is 11.7. The van der Waals surface area contributed by atoms with Crippen LogP contribution in [0.3, 0.4) is 0 Å². The van der Waals surface area contributed by atoms with Crippen molar-refractivity contribution >= 4 is 29.1 Å². The molecule has 5 nitrogen and oxygen atoms in total. The molecule has 1 atom stereocenters. The van der Waals surface area contributed by atoms with Gasteiger partial charge in [0, 0.05) is 19.0 Å². The number of rotatable bonds is 6. The van der Waals surface area contributed by atoms with Crippen molar-refractivity contribution in [3.8, 4) is 0 Å². The summed E-state index contributed by atoms with van der Waals surface area (Å²) in [6, 6.07) is 4.75. The van der Waals surface area contributed by atoms with E-state index in [2.05, 4.69) is 10.6 Å². The van der Waals surface area contributed by atoms with Crippen LogP contribution < -0.4 is 16.4 Å². The first-order valence-corrected chi connectivity index (χ1v) is 6.87. The zero-order chi connectivity index (χ0) is 15.1. The molecule has 0 radical (unpaired) electrons. The highest BCUT2D eigenvalue weighted by Crippen LogP contribution is 2.23. The summed E-state index contributed by atoms with van der Waals surface area (Å²) in [6.07, 6.45) is 1.09. The third-order valence-corrected chi connectivity index (χ3v) is 3.33. The maximum absolute atomic E-state index is 11.8. The Bertz CT molecular complexity index is 491. The van der Waals surface area contributed by atoms with Crippen LogP contribution in [0.1, 0.15) is 30.1 Å². The van der Waals surface area contributed by atoms with Crippen molar-refractivity contribution in [1.29, 1.82) is 0 Å². The number of carbonyl (C=O) groups is 2. The molecule has 1 aromatic carbocycles. The van der Waals surface area contributed by atoms with Crippen LogP contribution in [-0.4, -0.2) is 25.4 Å². The molecule has 0 heterocycles. The maximum atomic E-state index is 11.8. The highest BCUT2D eigenvalue weighted by atomic mass is 35.5. The molecule has 2 amide bonds. The van der Waals surface area contributed by atoms with Crippen molar-refractivity contribution in [2.45, 2.75) is 19.8 Å². The van der Waals surface area contributed by atoms with E-state index >= 15 is 0 Å². The van der Waals surface area contributed by atoms with Crippen LogP contribution in [0.25, 0.3) is 0 Å². The molecular formula is C14H20ClN3O2. The summed E-state index contributed by atoms with van der Waals surface area (Å²) in [5.41, 5.74) is 6.40. The van der Waals surface area contributed by atoms with Gasteiger partial charge in [-0.15, -0.1) is 0 Å². The molecule has 6 heteroatoms. The largest absolute Gasteiger partial charge is 0.355 e. The van der Waals surface area contributed by atoms with E-state index in [-0.39, 0.29) is 11.8 Å². The van der Waals surface area contributed by atoms with Crippen LogP contribution in [0.5, 0.6) is 0 Å². The third-order valence-electron chi connectivity index (χ3n) is 3.00. The molecule has 0 saturated carbocycles. The molecule has 1 rings (SSSR count). The lowest BCUT2D eigenvalue weighted by atomic mass is 10.1. The van der Waals surface area contributed by atoms with Gasteiger partial charge in [0.1, 0.15) is 0 Å². The van der Waals surface area contributed by atoms with E-state index in [4.69, 9.17) is 17.3 Å². The third kappa shape index (κ3) is 4.83. The van der Waals surface area contributed by atoms with Crippen molar-refractivity contribution in [2.24, 2.45) is 11.7 Å². The Kier molecular flexibility index (Phi) is 6.48. The van der Waals surface area contributed by atoms with E-state index < -0.39 is 0 Å². The summed E-state index contributed by atoms with van der Waals surface area (Å²) in [4.78, 5) is 23.4. The number of nitrogens with two attached hydrogens (primary N) is 1. The molecule has 0 aliphatic rings. The van der Waals surface area contributed by atoms with E-state index in [1.807, 2.05) is 6.92 Å². The fourth-order valence-electron chi connectivity index (χ4n) is 1.61. The van der Waals surface area contributed by atoms with E-state index in [1.54, 1.807) is 25.2 Å². The molecule has 1 unspecified atom stereocenters. The molecule has 0 aliphatic carbocycles. The normalized spacial score (nSPS) is 11.8. The Labute approximate surface area is 123 Å². The van der Waals surface area contributed by atoms with Gasteiger partial charge in [0.25, 0.3) is 5.91 Å². The fourth-order valence-corrected chi connectivity index (χ4v) is 1.78. The second kappa shape index (κ2) is 7.87. The van der Waals surface area contributed by atoms with Gasteiger partial charge in [-0.1, -0.05) is 18.5 Å². The van der Waals surface area contributed by atoms with E-state index in [1.165, 1.54) is 0 Å². The minimum atomic E-state index is -0.228. The number of nitrogens with one attached hydrogen (secondary N) is 2. The average Bonchev–Trinajstić information content (AvgIpc) is 2.46. The second-order valence-corrected chi connectivity index (χ2v) is 5.11. The summed E-state index contributed by atoms with van der Waals surface area (Å²) < 4.78 is 0. The number of hydrogen-bond donors (Lipinski definition) is 3. The van der Waals surface area contributed by atoms with Gasteiger partial charge in [-0.05, 0) is 37.1 Å². The lowest BCUT2D eigenvalue weighted by molar-refractivity contribution is -0.116. The first-order valence-electron chi connectivity index (χ1n) is 6.49. The van der Waals surface area contributed by atoms with Gasteiger partial charge < -0.3 is 16.4 Å². The summed E-state index contributed by atoms with van der Waals surface area (Å²) >= 11 is 6.01. The molecule has 0 fully saturated rings. The Balaban J connectivity index is 2.71. The van der Waals surface area contributed by atoms with Gasteiger partial charge in [-0.2, -0.15) is 0 Å². The molecule has 0 aliphatic heterocycles. The van der Waals surface area contributed by atoms with Crippen LogP contribution in [0.15, 0.2) is 18.2 Å². The predicted molar refractivity (Wildman–Crippen MR) is 80.9 cm³/mol. The van der Waals surface area contributed by atoms with Crippen molar-refractivity contribution in [1.82, 2.24) is 5.32 Å². The van der Waals surface area contributed by atoms with Crippen molar-refractivity contribution in [3.63, 3.8) is 0 Å². The molecule has 1 aromatic rings. The minimum Gasteiger partial charge on any atom is -0.355 e. The number of benzene rings is 1. The standard InChI is InChI=1S/C14H20ClN3O2/c1-9(8-16)3-6-13(19)18-12-7-10(14(20)17-2)4-5-11(12)15/h4-5,7,9H,3,6,8,16H2,1-2H3,(H,17,20)(H,18,19). The van der Waals surface area contributed by atoms with Crippen LogP contribution in [-0.2, 0) is 4.79 Å². The summed E-state index contributed by atoms with van der Waals surface area (Å²) in [6.45, 7) is 2.55. The molecule has 0 aromatic heterocycles. The van der Waals surface area contributed by atoms with Crippen molar-refractivity contribution < 1.29 is 9.59 Å². The number of anilines is 1. The van der Waals surface area contributed by atoms with Crippen LogP contribution >= 0.6 is 11.6 Å². The maximum Gasteiger partial charge on any atom is 0.251 e. The zero-order valence-corrected chi connectivity index (χ0v) is 12.5. The smallest absolute Gasteiger partial charge is 0.251 e. The molecular weight excluding hydrogens is 278 g/mol. The van der Waals surface area contributed by atoms with Gasteiger partial charge in [-0.3, -0.25) is 9.59 Å². The molecule has 0 spiro atoms. The van der Waals surface area contributed by atoms with Gasteiger partial charge in [-0.25, -0.2) is 0 Å². The second-order valence-electron chi connectivity index (χ2n) is 4.70. The van der Waals surface area contributed by atoms with Gasteiger partial charge in [0.2, 0.25) is 5.91 Å².